The van der Waals surface area contributed by atoms with Gasteiger partial charge in [-0.25, -0.2) is 12.8 Å². The Morgan fingerprint density at radius 3 is 2.67 bits per heavy atom. The molecule has 114 valence electrons. The third-order valence-corrected chi connectivity index (χ3v) is 5.41. The van der Waals surface area contributed by atoms with Gasteiger partial charge in [0, 0.05) is 18.7 Å². The zero-order chi connectivity index (χ0) is 15.7. The summed E-state index contributed by atoms with van der Waals surface area (Å²) < 4.78 is 40.5. The van der Waals surface area contributed by atoms with E-state index in [0.717, 1.165) is 12.5 Å². The van der Waals surface area contributed by atoms with E-state index in [1.807, 2.05) is 13.8 Å². The topological polar surface area (TPSA) is 63.4 Å². The van der Waals surface area contributed by atoms with Gasteiger partial charge in [-0.15, -0.1) is 0 Å². The van der Waals surface area contributed by atoms with Crippen molar-refractivity contribution in [3.05, 3.63) is 29.6 Å². The molecular weight excluding hydrogens is 291 g/mol. The lowest BCUT2D eigenvalue weighted by atomic mass is 9.93. The predicted molar refractivity (Wildman–Crippen MR) is 79.5 cm³/mol. The Bertz CT molecular complexity index is 702. The van der Waals surface area contributed by atoms with E-state index < -0.39 is 15.8 Å². The van der Waals surface area contributed by atoms with E-state index in [9.17, 15) is 12.8 Å². The summed E-state index contributed by atoms with van der Waals surface area (Å²) >= 11 is 0. The highest BCUT2D eigenvalue weighted by Crippen LogP contribution is 2.33. The molecule has 0 aliphatic carbocycles. The molecule has 1 aromatic carbocycles. The highest BCUT2D eigenvalue weighted by molar-refractivity contribution is 7.89. The molecule has 2 rings (SSSR count). The number of nitrogens with zero attached hydrogens (tertiary/aromatic N) is 1. The fourth-order valence-corrected chi connectivity index (χ4v) is 4.02. The molecule has 2 N–H and O–H groups in total. The summed E-state index contributed by atoms with van der Waals surface area (Å²) in [6, 6.07) is 3.91. The molecule has 0 bridgehead atoms. The van der Waals surface area contributed by atoms with Crippen LogP contribution in [0, 0.1) is 23.1 Å². The largest absolute Gasteiger partial charge is 0.320 e. The highest BCUT2D eigenvalue weighted by atomic mass is 32.2. The normalized spacial score (nSPS) is 18.3. The molecule has 1 aliphatic heterocycles. The minimum absolute atomic E-state index is 0.0733. The van der Waals surface area contributed by atoms with Crippen molar-refractivity contribution in [2.75, 3.05) is 19.6 Å². The predicted octanol–water partition coefficient (Wildman–Crippen LogP) is 1.56. The number of sulfonamides is 1. The van der Waals surface area contributed by atoms with Crippen LogP contribution in [0.1, 0.15) is 25.8 Å². The van der Waals surface area contributed by atoms with Gasteiger partial charge in [0.2, 0.25) is 10.0 Å². The van der Waals surface area contributed by atoms with E-state index in [1.165, 1.54) is 16.4 Å². The van der Waals surface area contributed by atoms with Gasteiger partial charge in [0.25, 0.3) is 0 Å². The zero-order valence-corrected chi connectivity index (χ0v) is 13.0. The van der Waals surface area contributed by atoms with E-state index in [-0.39, 0.29) is 16.9 Å². The second-order valence-electron chi connectivity index (χ2n) is 5.90. The summed E-state index contributed by atoms with van der Waals surface area (Å²) in [5.41, 5.74) is 5.59. The third-order valence-electron chi connectivity index (χ3n) is 3.53. The Balaban J connectivity index is 2.33. The maximum atomic E-state index is 14.1. The third kappa shape index (κ3) is 3.43. The maximum absolute atomic E-state index is 14.1. The van der Waals surface area contributed by atoms with Crippen molar-refractivity contribution in [3.63, 3.8) is 0 Å². The molecule has 0 aromatic heterocycles. The number of halogens is 1. The lowest BCUT2D eigenvalue weighted by Crippen LogP contribution is -2.31. The van der Waals surface area contributed by atoms with E-state index in [2.05, 4.69) is 11.8 Å². The van der Waals surface area contributed by atoms with Gasteiger partial charge in [-0.1, -0.05) is 25.7 Å². The van der Waals surface area contributed by atoms with Crippen LogP contribution in [0.25, 0.3) is 0 Å². The van der Waals surface area contributed by atoms with Crippen LogP contribution in [-0.2, 0) is 10.0 Å². The molecule has 6 heteroatoms. The van der Waals surface area contributed by atoms with Gasteiger partial charge < -0.3 is 5.73 Å². The Morgan fingerprint density at radius 2 is 2.14 bits per heavy atom. The molecule has 1 fully saturated rings. The molecule has 21 heavy (non-hydrogen) atoms. The average molecular weight is 310 g/mol. The molecule has 1 saturated heterocycles. The first kappa shape index (κ1) is 16.0. The molecule has 1 aromatic rings. The molecule has 4 nitrogen and oxygen atoms in total. The Labute approximate surface area is 125 Å². The molecule has 0 unspecified atom stereocenters. The summed E-state index contributed by atoms with van der Waals surface area (Å²) in [6.07, 6.45) is 0.772. The highest BCUT2D eigenvalue weighted by Gasteiger charge is 2.37. The first-order chi connectivity index (χ1) is 9.76. The minimum atomic E-state index is -3.79. The first-order valence-corrected chi connectivity index (χ1v) is 8.19. The summed E-state index contributed by atoms with van der Waals surface area (Å²) in [7, 11) is -3.79. The summed E-state index contributed by atoms with van der Waals surface area (Å²) in [6.45, 7) is 5.01. The maximum Gasteiger partial charge on any atom is 0.246 e. The Hall–Kier alpha value is -1.42. The fourth-order valence-electron chi connectivity index (χ4n) is 2.35. The van der Waals surface area contributed by atoms with Gasteiger partial charge in [-0.3, -0.25) is 0 Å². The molecule has 0 spiro atoms. The van der Waals surface area contributed by atoms with Crippen LogP contribution in [0.2, 0.25) is 0 Å². The lowest BCUT2D eigenvalue weighted by Gasteiger charge is -2.20. The van der Waals surface area contributed by atoms with Crippen LogP contribution >= 0.6 is 0 Å². The molecule has 0 atom stereocenters. The van der Waals surface area contributed by atoms with Crippen molar-refractivity contribution in [1.29, 1.82) is 0 Å². The van der Waals surface area contributed by atoms with Crippen molar-refractivity contribution in [3.8, 4) is 11.8 Å². The lowest BCUT2D eigenvalue weighted by molar-refractivity contribution is 0.374. The van der Waals surface area contributed by atoms with Gasteiger partial charge >= 0.3 is 0 Å². The van der Waals surface area contributed by atoms with Crippen LogP contribution < -0.4 is 5.73 Å². The minimum Gasteiger partial charge on any atom is -0.320 e. The quantitative estimate of drug-likeness (QED) is 0.843. The Morgan fingerprint density at radius 1 is 1.43 bits per heavy atom. The van der Waals surface area contributed by atoms with Crippen molar-refractivity contribution < 1.29 is 12.8 Å². The second-order valence-corrected chi connectivity index (χ2v) is 7.81. The van der Waals surface area contributed by atoms with Crippen LogP contribution in [0.4, 0.5) is 4.39 Å². The van der Waals surface area contributed by atoms with E-state index in [1.54, 1.807) is 0 Å². The number of benzene rings is 1. The summed E-state index contributed by atoms with van der Waals surface area (Å²) in [5.74, 6) is 4.52. The number of nitrogens with two attached hydrogens (primary N) is 1. The smallest absolute Gasteiger partial charge is 0.246 e. The van der Waals surface area contributed by atoms with Gasteiger partial charge in [0.05, 0.1) is 6.54 Å². The zero-order valence-electron chi connectivity index (χ0n) is 12.2. The summed E-state index contributed by atoms with van der Waals surface area (Å²) in [4.78, 5) is -0.293. The molecule has 1 heterocycles. The van der Waals surface area contributed by atoms with Crippen molar-refractivity contribution in [2.24, 2.45) is 11.1 Å². The Kier molecular flexibility index (Phi) is 4.38. The standard InChI is InChI=1S/C15H19FN2O2S/c1-15(2)7-9-18(11-15)21(19,20)14-6-5-12(4-3-8-17)10-13(14)16/h5-6,10H,7-9,11,17H2,1-2H3. The van der Waals surface area contributed by atoms with Crippen molar-refractivity contribution >= 4 is 10.0 Å². The second kappa shape index (κ2) is 5.76. The van der Waals surface area contributed by atoms with Crippen LogP contribution in [-0.4, -0.2) is 32.4 Å². The average Bonchev–Trinajstić information content (AvgIpc) is 2.77. The van der Waals surface area contributed by atoms with E-state index >= 15 is 0 Å². The van der Waals surface area contributed by atoms with Crippen LogP contribution in [0.15, 0.2) is 23.1 Å². The molecule has 0 radical (unpaired) electrons. The number of hydrogen-bond acceptors (Lipinski definition) is 3. The van der Waals surface area contributed by atoms with Crippen molar-refractivity contribution in [2.45, 2.75) is 25.2 Å². The van der Waals surface area contributed by atoms with Crippen LogP contribution in [0.3, 0.4) is 0 Å². The molecule has 0 saturated carbocycles. The fraction of sp³-hybridized carbons (Fsp3) is 0.467. The van der Waals surface area contributed by atoms with Gasteiger partial charge in [-0.05, 0) is 30.0 Å². The van der Waals surface area contributed by atoms with E-state index in [0.29, 0.717) is 18.7 Å². The summed E-state index contributed by atoms with van der Waals surface area (Å²) in [5, 5.41) is 0. The monoisotopic (exact) mass is 310 g/mol. The molecular formula is C15H19FN2O2S. The van der Waals surface area contributed by atoms with Crippen molar-refractivity contribution in [1.82, 2.24) is 4.31 Å². The van der Waals surface area contributed by atoms with E-state index in [4.69, 9.17) is 5.73 Å². The van der Waals surface area contributed by atoms with Gasteiger partial charge in [0.15, 0.2) is 0 Å². The van der Waals surface area contributed by atoms with Gasteiger partial charge in [-0.2, -0.15) is 4.31 Å². The first-order valence-electron chi connectivity index (χ1n) is 6.75. The molecule has 0 amide bonds. The molecule has 1 aliphatic rings. The number of rotatable bonds is 2. The SMILES string of the molecule is CC1(C)CCN(S(=O)(=O)c2ccc(C#CCN)cc2F)C1. The number of hydrogen-bond donors (Lipinski definition) is 1. The van der Waals surface area contributed by atoms with Gasteiger partial charge in [0.1, 0.15) is 10.7 Å². The van der Waals surface area contributed by atoms with Crippen LogP contribution in [0.5, 0.6) is 0 Å².